The smallest absolute Gasteiger partial charge is 0.224 e. The number of ether oxygens (including phenoxy) is 1. The van der Waals surface area contributed by atoms with Gasteiger partial charge in [-0.05, 0) is 19.3 Å². The number of hydrogen-bond donors (Lipinski definition) is 0. The van der Waals surface area contributed by atoms with Gasteiger partial charge in [-0.3, -0.25) is 0 Å². The molecule has 0 N–H and O–H groups in total. The lowest BCUT2D eigenvalue weighted by Gasteiger charge is -2.05. The lowest BCUT2D eigenvalue weighted by Crippen LogP contribution is -2.29. The standard InChI is InChI=1S/C26H50NOS/c1-2-3-4-5-6-7-8-9-10-11-12-13-14-15-16-19-23-28-24-20-17-18-21-27-22-25-29-26-27/h22,25-26H,2-21,23-24H2,1H3/q+1. The molecule has 0 aliphatic rings. The second kappa shape index (κ2) is 22.3. The molecule has 0 saturated heterocycles. The monoisotopic (exact) mass is 424 g/mol. The van der Waals surface area contributed by atoms with Crippen LogP contribution >= 0.6 is 11.3 Å². The van der Waals surface area contributed by atoms with E-state index >= 15 is 0 Å². The number of aromatic nitrogens is 1. The molecule has 1 heterocycles. The predicted molar refractivity (Wildman–Crippen MR) is 129 cm³/mol. The maximum absolute atomic E-state index is 5.79. The fraction of sp³-hybridized carbons (Fsp3) is 0.885. The van der Waals surface area contributed by atoms with Gasteiger partial charge in [0.1, 0.15) is 6.54 Å². The summed E-state index contributed by atoms with van der Waals surface area (Å²) in [7, 11) is 0. The molecule has 29 heavy (non-hydrogen) atoms. The largest absolute Gasteiger partial charge is 0.381 e. The first-order valence-corrected chi connectivity index (χ1v) is 13.9. The number of aryl methyl sites for hydroxylation is 1. The summed E-state index contributed by atoms with van der Waals surface area (Å²) in [5, 5.41) is 2.14. The molecule has 0 saturated carbocycles. The van der Waals surface area contributed by atoms with Crippen LogP contribution in [0.3, 0.4) is 0 Å². The van der Waals surface area contributed by atoms with E-state index in [0.717, 1.165) is 19.8 Å². The Hall–Kier alpha value is -0.410. The van der Waals surface area contributed by atoms with Gasteiger partial charge >= 0.3 is 0 Å². The van der Waals surface area contributed by atoms with Crippen molar-refractivity contribution in [3.63, 3.8) is 0 Å². The van der Waals surface area contributed by atoms with Gasteiger partial charge in [-0.15, -0.1) is 0 Å². The Morgan fingerprint density at radius 2 is 1.03 bits per heavy atom. The third kappa shape index (κ3) is 19.3. The summed E-state index contributed by atoms with van der Waals surface area (Å²) in [5.74, 6) is 0. The van der Waals surface area contributed by atoms with Crippen LogP contribution < -0.4 is 4.57 Å². The minimum absolute atomic E-state index is 0.951. The molecule has 2 nitrogen and oxygen atoms in total. The van der Waals surface area contributed by atoms with Gasteiger partial charge in [0.2, 0.25) is 5.51 Å². The van der Waals surface area contributed by atoms with E-state index in [4.69, 9.17) is 4.74 Å². The van der Waals surface area contributed by atoms with Gasteiger partial charge in [-0.1, -0.05) is 115 Å². The van der Waals surface area contributed by atoms with Crippen LogP contribution in [0.4, 0.5) is 0 Å². The Morgan fingerprint density at radius 3 is 1.48 bits per heavy atom. The molecular formula is C26H50NOS+. The van der Waals surface area contributed by atoms with E-state index in [9.17, 15) is 0 Å². The molecule has 0 spiro atoms. The van der Waals surface area contributed by atoms with Crippen LogP contribution in [0.15, 0.2) is 17.1 Å². The van der Waals surface area contributed by atoms with E-state index in [0.29, 0.717) is 0 Å². The van der Waals surface area contributed by atoms with Crippen LogP contribution in [0.5, 0.6) is 0 Å². The van der Waals surface area contributed by atoms with Gasteiger partial charge in [-0.2, -0.15) is 4.57 Å². The van der Waals surface area contributed by atoms with Crippen molar-refractivity contribution in [2.24, 2.45) is 0 Å². The van der Waals surface area contributed by atoms with Gasteiger partial charge in [0.25, 0.3) is 0 Å². The molecule has 0 bridgehead atoms. The van der Waals surface area contributed by atoms with E-state index < -0.39 is 0 Å². The molecule has 0 aliphatic carbocycles. The van der Waals surface area contributed by atoms with Crippen molar-refractivity contribution in [1.82, 2.24) is 0 Å². The third-order valence-electron chi connectivity index (χ3n) is 5.87. The maximum Gasteiger partial charge on any atom is 0.224 e. The Balaban J connectivity index is 1.63. The average molecular weight is 425 g/mol. The van der Waals surface area contributed by atoms with Gasteiger partial charge in [0.05, 0.1) is 5.38 Å². The second-order valence-electron chi connectivity index (χ2n) is 8.74. The summed E-state index contributed by atoms with van der Waals surface area (Å²) in [5.41, 5.74) is 2.19. The number of thiazole rings is 1. The molecule has 0 radical (unpaired) electrons. The van der Waals surface area contributed by atoms with E-state index in [1.807, 2.05) is 0 Å². The quantitative estimate of drug-likeness (QED) is 0.127. The molecule has 0 fully saturated rings. The van der Waals surface area contributed by atoms with E-state index in [-0.39, 0.29) is 0 Å². The number of unbranched alkanes of at least 4 members (excludes halogenated alkanes) is 17. The maximum atomic E-state index is 5.79. The van der Waals surface area contributed by atoms with Gasteiger partial charge < -0.3 is 4.74 Å². The van der Waals surface area contributed by atoms with E-state index in [2.05, 4.69) is 28.6 Å². The van der Waals surface area contributed by atoms with Crippen LogP contribution in [0.1, 0.15) is 129 Å². The molecule has 1 aromatic heterocycles. The van der Waals surface area contributed by atoms with Crippen LogP contribution in [-0.4, -0.2) is 13.2 Å². The van der Waals surface area contributed by atoms with Crippen molar-refractivity contribution < 1.29 is 9.30 Å². The SMILES string of the molecule is CCCCCCCCCCCCCCCCCCOCCCCC[n+]1ccsc1. The van der Waals surface area contributed by atoms with Crippen molar-refractivity contribution in [3.05, 3.63) is 17.1 Å². The van der Waals surface area contributed by atoms with Crippen molar-refractivity contribution in [3.8, 4) is 0 Å². The van der Waals surface area contributed by atoms with Gasteiger partial charge in [-0.25, -0.2) is 0 Å². The summed E-state index contributed by atoms with van der Waals surface area (Å²) >= 11 is 1.77. The van der Waals surface area contributed by atoms with Crippen molar-refractivity contribution >= 4 is 11.3 Å². The fourth-order valence-electron chi connectivity index (χ4n) is 3.92. The van der Waals surface area contributed by atoms with Crippen LogP contribution in [0, 0.1) is 0 Å². The molecule has 0 unspecified atom stereocenters. The zero-order valence-electron chi connectivity index (χ0n) is 19.6. The zero-order valence-corrected chi connectivity index (χ0v) is 20.4. The van der Waals surface area contributed by atoms with E-state index in [1.165, 1.54) is 122 Å². The Bertz CT molecular complexity index is 407. The normalized spacial score (nSPS) is 11.3. The molecule has 0 amide bonds. The Labute approximate surface area is 186 Å². The highest BCUT2D eigenvalue weighted by Crippen LogP contribution is 2.13. The van der Waals surface area contributed by atoms with Crippen LogP contribution in [0.25, 0.3) is 0 Å². The minimum atomic E-state index is 0.951. The van der Waals surface area contributed by atoms with Crippen molar-refractivity contribution in [2.45, 2.75) is 135 Å². The molecule has 1 aromatic rings. The average Bonchev–Trinajstić information content (AvgIpc) is 3.25. The second-order valence-corrected chi connectivity index (χ2v) is 9.50. The molecule has 170 valence electrons. The topological polar surface area (TPSA) is 13.1 Å². The molecule has 3 heteroatoms. The molecule has 0 aromatic carbocycles. The first kappa shape index (κ1) is 26.6. The lowest BCUT2D eigenvalue weighted by molar-refractivity contribution is -0.692. The molecule has 1 rings (SSSR count). The Kier molecular flexibility index (Phi) is 20.5. The molecule has 0 atom stereocenters. The molecule has 0 aliphatic heterocycles. The van der Waals surface area contributed by atoms with E-state index in [1.54, 1.807) is 11.3 Å². The fourth-order valence-corrected chi connectivity index (χ4v) is 4.55. The third-order valence-corrected chi connectivity index (χ3v) is 6.55. The summed E-state index contributed by atoms with van der Waals surface area (Å²) in [4.78, 5) is 0. The predicted octanol–water partition coefficient (Wildman–Crippen LogP) is 8.48. The highest BCUT2D eigenvalue weighted by Gasteiger charge is 1.99. The van der Waals surface area contributed by atoms with Crippen molar-refractivity contribution in [2.75, 3.05) is 13.2 Å². The summed E-state index contributed by atoms with van der Waals surface area (Å²) in [6, 6.07) is 0. The Morgan fingerprint density at radius 1 is 0.586 bits per heavy atom. The van der Waals surface area contributed by atoms with Gasteiger partial charge in [0, 0.05) is 19.6 Å². The molecular weight excluding hydrogens is 374 g/mol. The zero-order chi connectivity index (χ0) is 20.7. The highest BCUT2D eigenvalue weighted by molar-refractivity contribution is 7.07. The number of rotatable bonds is 23. The summed E-state index contributed by atoms with van der Waals surface area (Å²) in [6.07, 6.45) is 28.8. The highest BCUT2D eigenvalue weighted by atomic mass is 32.1. The van der Waals surface area contributed by atoms with Crippen molar-refractivity contribution in [1.29, 1.82) is 0 Å². The van der Waals surface area contributed by atoms with Crippen LogP contribution in [0.2, 0.25) is 0 Å². The number of nitrogens with zero attached hydrogens (tertiary/aromatic N) is 1. The van der Waals surface area contributed by atoms with Crippen LogP contribution in [-0.2, 0) is 11.3 Å². The number of hydrogen-bond acceptors (Lipinski definition) is 2. The first-order valence-electron chi connectivity index (χ1n) is 12.9. The first-order chi connectivity index (χ1) is 14.4. The minimum Gasteiger partial charge on any atom is -0.381 e. The summed E-state index contributed by atoms with van der Waals surface area (Å²) in [6.45, 7) is 5.37. The van der Waals surface area contributed by atoms with Gasteiger partial charge in [0.15, 0.2) is 6.20 Å². The lowest BCUT2D eigenvalue weighted by atomic mass is 10.0. The summed E-state index contributed by atoms with van der Waals surface area (Å²) < 4.78 is 8.07.